The fraction of sp³-hybridized carbons (Fsp3) is 0.222. The highest BCUT2D eigenvalue weighted by Gasteiger charge is 2.58. The van der Waals surface area contributed by atoms with Crippen LogP contribution in [0, 0.1) is 10.8 Å². The Morgan fingerprint density at radius 2 is 1.29 bits per heavy atom. The van der Waals surface area contributed by atoms with Gasteiger partial charge < -0.3 is 5.11 Å². The Morgan fingerprint density at radius 1 is 0.762 bits per heavy atom. The molecule has 0 heterocycles. The first kappa shape index (κ1) is 12.3. The highest BCUT2D eigenvalue weighted by molar-refractivity contribution is 6.06. The van der Waals surface area contributed by atoms with Gasteiger partial charge in [-0.25, -0.2) is 0 Å². The van der Waals surface area contributed by atoms with E-state index in [-0.39, 0.29) is 17.3 Å². The highest BCUT2D eigenvalue weighted by Crippen LogP contribution is 2.65. The second-order valence-corrected chi connectivity index (χ2v) is 6.27. The minimum atomic E-state index is -0.535. The van der Waals surface area contributed by atoms with Crippen molar-refractivity contribution in [1.82, 2.24) is 0 Å². The quantitative estimate of drug-likeness (QED) is 0.741. The molecule has 0 unspecified atom stereocenters. The zero-order valence-corrected chi connectivity index (χ0v) is 11.8. The zero-order chi connectivity index (χ0) is 15.0. The van der Waals surface area contributed by atoms with Gasteiger partial charge in [-0.05, 0) is 47.1 Å². The highest BCUT2D eigenvalue weighted by atomic mass is 16.3. The predicted octanol–water partition coefficient (Wildman–Crippen LogP) is 2.90. The summed E-state index contributed by atoms with van der Waals surface area (Å²) < 4.78 is 0. The van der Waals surface area contributed by atoms with E-state index in [1.165, 1.54) is 6.08 Å². The van der Waals surface area contributed by atoms with Crippen LogP contribution >= 0.6 is 0 Å². The van der Waals surface area contributed by atoms with Crippen molar-refractivity contribution in [2.75, 3.05) is 0 Å². The van der Waals surface area contributed by atoms with Crippen LogP contribution in [0.4, 0.5) is 0 Å². The zero-order valence-electron chi connectivity index (χ0n) is 11.8. The maximum atomic E-state index is 11.9. The maximum absolute atomic E-state index is 11.9. The Morgan fingerprint density at radius 3 is 1.95 bits per heavy atom. The number of aliphatic hydroxyl groups is 1. The number of hydrogen-bond acceptors (Lipinski definition) is 3. The summed E-state index contributed by atoms with van der Waals surface area (Å²) in [7, 11) is 0. The average Bonchev–Trinajstić information content (AvgIpc) is 2.40. The van der Waals surface area contributed by atoms with Crippen LogP contribution in [0.5, 0.6) is 0 Å². The molecule has 0 saturated carbocycles. The lowest BCUT2D eigenvalue weighted by Gasteiger charge is -2.56. The van der Waals surface area contributed by atoms with Gasteiger partial charge in [0.15, 0.2) is 11.6 Å². The van der Waals surface area contributed by atoms with Gasteiger partial charge in [0, 0.05) is 16.4 Å². The summed E-state index contributed by atoms with van der Waals surface area (Å²) in [6.07, 6.45) is 11.8. The normalized spacial score (nSPS) is 36.2. The van der Waals surface area contributed by atoms with Crippen LogP contribution in [0.3, 0.4) is 0 Å². The Labute approximate surface area is 122 Å². The summed E-state index contributed by atoms with van der Waals surface area (Å²) in [4.78, 5) is 23.8. The molecule has 21 heavy (non-hydrogen) atoms. The molecule has 0 aromatic heterocycles. The minimum Gasteiger partial charge on any atom is -0.508 e. The third-order valence-electron chi connectivity index (χ3n) is 5.46. The Kier molecular flexibility index (Phi) is 2.01. The lowest BCUT2D eigenvalue weighted by Crippen LogP contribution is -2.49. The van der Waals surface area contributed by atoms with E-state index in [1.54, 1.807) is 24.3 Å². The van der Waals surface area contributed by atoms with Crippen LogP contribution in [0.25, 0.3) is 0 Å². The summed E-state index contributed by atoms with van der Waals surface area (Å²) >= 11 is 0. The van der Waals surface area contributed by atoms with Crippen molar-refractivity contribution in [3.8, 4) is 0 Å². The van der Waals surface area contributed by atoms with Gasteiger partial charge >= 0.3 is 0 Å². The predicted molar refractivity (Wildman–Crippen MR) is 78.4 cm³/mol. The average molecular weight is 278 g/mol. The first-order chi connectivity index (χ1) is 9.87. The molecular formula is C18H14O3. The SMILES string of the molecule is C[C@]12C3=CC(=O)C=C1C=C(O)C1=CC(=O)C=C(C=C3)[C@@]12C. The molecule has 4 aliphatic carbocycles. The Balaban J connectivity index is 2.17. The number of carbonyl (C=O) groups excluding carboxylic acids is 2. The van der Waals surface area contributed by atoms with Crippen molar-refractivity contribution in [1.29, 1.82) is 0 Å². The van der Waals surface area contributed by atoms with E-state index in [9.17, 15) is 14.7 Å². The second kappa shape index (κ2) is 3.42. The van der Waals surface area contributed by atoms with Crippen LogP contribution < -0.4 is 0 Å². The number of aliphatic hydroxyl groups excluding tert-OH is 1. The molecule has 0 aromatic carbocycles. The molecule has 0 bridgehead atoms. The van der Waals surface area contributed by atoms with Crippen LogP contribution in [0.1, 0.15) is 13.8 Å². The van der Waals surface area contributed by atoms with Gasteiger partial charge in [-0.1, -0.05) is 26.0 Å². The van der Waals surface area contributed by atoms with Gasteiger partial charge in [0.05, 0.1) is 0 Å². The third kappa shape index (κ3) is 1.20. The molecule has 3 nitrogen and oxygen atoms in total. The van der Waals surface area contributed by atoms with Crippen LogP contribution in [0.15, 0.2) is 70.6 Å². The standard InChI is InChI=1S/C18H14O3/c1-17-10-3-4-11-6-14(20)9-15(18(11,17)2)16(21)8-12(17)7-13(19)5-10/h3-9,21H,1-2H3/t17-,18-/m0/s1. The fourth-order valence-corrected chi connectivity index (χ4v) is 4.07. The van der Waals surface area contributed by atoms with Crippen molar-refractivity contribution in [3.63, 3.8) is 0 Å². The summed E-state index contributed by atoms with van der Waals surface area (Å²) in [6, 6.07) is 0. The molecule has 0 amide bonds. The van der Waals surface area contributed by atoms with E-state index in [2.05, 4.69) is 6.92 Å². The molecule has 0 radical (unpaired) electrons. The van der Waals surface area contributed by atoms with E-state index in [0.29, 0.717) is 5.57 Å². The van der Waals surface area contributed by atoms with E-state index < -0.39 is 10.8 Å². The van der Waals surface area contributed by atoms with Crippen LogP contribution in [0.2, 0.25) is 0 Å². The molecular weight excluding hydrogens is 264 g/mol. The van der Waals surface area contributed by atoms with Crippen molar-refractivity contribution < 1.29 is 14.7 Å². The molecule has 4 aliphatic rings. The Bertz CT molecular complexity index is 813. The third-order valence-corrected chi connectivity index (χ3v) is 5.46. The first-order valence-corrected chi connectivity index (χ1v) is 6.93. The van der Waals surface area contributed by atoms with E-state index in [4.69, 9.17) is 0 Å². The molecule has 2 atom stereocenters. The molecule has 0 fully saturated rings. The van der Waals surface area contributed by atoms with Gasteiger partial charge in [0.1, 0.15) is 5.76 Å². The molecule has 0 aromatic rings. The molecule has 104 valence electrons. The van der Waals surface area contributed by atoms with Gasteiger partial charge in [-0.3, -0.25) is 9.59 Å². The molecule has 1 N–H and O–H groups in total. The van der Waals surface area contributed by atoms with Crippen molar-refractivity contribution in [2.45, 2.75) is 13.8 Å². The number of allylic oxidation sites excluding steroid dienone is 11. The van der Waals surface area contributed by atoms with Crippen molar-refractivity contribution >= 4 is 11.6 Å². The van der Waals surface area contributed by atoms with Gasteiger partial charge in [-0.15, -0.1) is 0 Å². The smallest absolute Gasteiger partial charge is 0.179 e. The van der Waals surface area contributed by atoms with E-state index in [1.807, 2.05) is 19.1 Å². The lowest BCUT2D eigenvalue weighted by atomic mass is 9.46. The first-order valence-electron chi connectivity index (χ1n) is 6.93. The van der Waals surface area contributed by atoms with E-state index >= 15 is 0 Å². The Hall–Kier alpha value is -2.42. The van der Waals surface area contributed by atoms with Crippen LogP contribution in [-0.4, -0.2) is 16.7 Å². The van der Waals surface area contributed by atoms with Gasteiger partial charge in [-0.2, -0.15) is 0 Å². The fourth-order valence-electron chi connectivity index (χ4n) is 4.07. The van der Waals surface area contributed by atoms with Gasteiger partial charge in [0.2, 0.25) is 0 Å². The molecule has 0 saturated heterocycles. The molecule has 4 rings (SSSR count). The molecule has 3 heteroatoms. The summed E-state index contributed by atoms with van der Waals surface area (Å²) in [6.45, 7) is 4.10. The molecule has 0 spiro atoms. The van der Waals surface area contributed by atoms with E-state index in [0.717, 1.165) is 16.7 Å². The number of rotatable bonds is 0. The summed E-state index contributed by atoms with van der Waals surface area (Å²) in [5, 5.41) is 10.4. The minimum absolute atomic E-state index is 0.0680. The maximum Gasteiger partial charge on any atom is 0.179 e. The van der Waals surface area contributed by atoms with Crippen molar-refractivity contribution in [3.05, 3.63) is 70.6 Å². The van der Waals surface area contributed by atoms with Crippen molar-refractivity contribution in [2.24, 2.45) is 10.8 Å². The monoisotopic (exact) mass is 278 g/mol. The number of carbonyl (C=O) groups is 2. The van der Waals surface area contributed by atoms with Crippen LogP contribution in [-0.2, 0) is 9.59 Å². The summed E-state index contributed by atoms with van der Waals surface area (Å²) in [5.74, 6) is -0.108. The largest absolute Gasteiger partial charge is 0.508 e. The topological polar surface area (TPSA) is 54.4 Å². The summed E-state index contributed by atoms with van der Waals surface area (Å²) in [5.41, 5.74) is 2.26. The number of ketones is 2. The number of hydrogen-bond donors (Lipinski definition) is 1. The molecule has 0 aliphatic heterocycles. The second-order valence-electron chi connectivity index (χ2n) is 6.27. The lowest BCUT2D eigenvalue weighted by molar-refractivity contribution is -0.112. The van der Waals surface area contributed by atoms with Gasteiger partial charge in [0.25, 0.3) is 0 Å².